The summed E-state index contributed by atoms with van der Waals surface area (Å²) in [7, 11) is 0. The smallest absolute Gasteiger partial charge is 0.0758 e. The minimum Gasteiger partial charge on any atom is -0.367 e. The summed E-state index contributed by atoms with van der Waals surface area (Å²) in [6.07, 6.45) is 4.64. The van der Waals surface area contributed by atoms with Gasteiger partial charge in [-0.15, -0.1) is 0 Å². The lowest BCUT2D eigenvalue weighted by molar-refractivity contribution is -0.122. The zero-order chi connectivity index (χ0) is 13.7. The summed E-state index contributed by atoms with van der Waals surface area (Å²) in [6.45, 7) is 13.1. The summed E-state index contributed by atoms with van der Waals surface area (Å²) < 4.78 is 6.36. The molecule has 0 aromatic heterocycles. The van der Waals surface area contributed by atoms with Crippen molar-refractivity contribution in [3.8, 4) is 0 Å². The van der Waals surface area contributed by atoms with Crippen molar-refractivity contribution in [1.82, 2.24) is 0 Å². The normalized spacial score (nSPS) is 16.0. The third-order valence-corrected chi connectivity index (χ3v) is 6.24. The van der Waals surface area contributed by atoms with Gasteiger partial charge in [0.05, 0.1) is 11.2 Å². The van der Waals surface area contributed by atoms with E-state index in [0.29, 0.717) is 9.65 Å². The Morgan fingerprint density at radius 3 is 1.33 bits per heavy atom. The maximum Gasteiger partial charge on any atom is 0.0758 e. The van der Waals surface area contributed by atoms with Crippen LogP contribution in [0.5, 0.6) is 0 Å². The Balaban J connectivity index is 0. The average Bonchev–Trinajstić information content (AvgIpc) is 2.16. The summed E-state index contributed by atoms with van der Waals surface area (Å²) >= 11 is 7.52. The molecule has 0 radical (unpaired) electrons. The van der Waals surface area contributed by atoms with Gasteiger partial charge in [-0.25, -0.2) is 0 Å². The van der Waals surface area contributed by atoms with Crippen LogP contribution >= 0.6 is 31.9 Å². The molecule has 0 saturated heterocycles. The molecule has 0 aliphatic carbocycles. The molecule has 0 aliphatic rings. The second kappa shape index (κ2) is 8.91. The topological polar surface area (TPSA) is 9.23 Å². The van der Waals surface area contributed by atoms with Gasteiger partial charge in [0.25, 0.3) is 0 Å². The Bertz CT molecular complexity index is 198. The van der Waals surface area contributed by atoms with Crippen LogP contribution in [-0.4, -0.2) is 20.9 Å². The molecular formula is C14H29Br2FO. The van der Waals surface area contributed by atoms with E-state index in [1.807, 2.05) is 0 Å². The Morgan fingerprint density at radius 1 is 0.833 bits per heavy atom. The van der Waals surface area contributed by atoms with Crippen LogP contribution in [0, 0.1) is 0 Å². The molecule has 18 heavy (non-hydrogen) atoms. The van der Waals surface area contributed by atoms with Crippen molar-refractivity contribution in [3.63, 3.8) is 0 Å². The molecule has 0 aromatic rings. The third-order valence-electron chi connectivity index (χ3n) is 3.12. The first kappa shape index (κ1) is 21.2. The molecule has 0 saturated carbocycles. The molecule has 2 atom stereocenters. The number of alkyl halides is 2. The van der Waals surface area contributed by atoms with Gasteiger partial charge in [0.2, 0.25) is 0 Å². The highest BCUT2D eigenvalue weighted by Crippen LogP contribution is 2.35. The molecule has 0 rings (SSSR count). The fourth-order valence-electron chi connectivity index (χ4n) is 2.01. The maximum atomic E-state index is 6.36. The molecule has 2 unspecified atom stereocenters. The van der Waals surface area contributed by atoms with Crippen LogP contribution in [0.25, 0.3) is 0 Å². The summed E-state index contributed by atoms with van der Waals surface area (Å²) in [6, 6.07) is 0. The van der Waals surface area contributed by atoms with Crippen LogP contribution in [0.3, 0.4) is 0 Å². The van der Waals surface area contributed by atoms with Crippen molar-refractivity contribution in [3.05, 3.63) is 0 Å². The number of ether oxygens (including phenoxy) is 1. The third kappa shape index (κ3) is 6.85. The molecule has 0 aromatic carbocycles. The van der Waals surface area contributed by atoms with Gasteiger partial charge in [-0.05, 0) is 40.5 Å². The van der Waals surface area contributed by atoms with Crippen LogP contribution in [0.4, 0.5) is 4.70 Å². The van der Waals surface area contributed by atoms with Crippen molar-refractivity contribution < 1.29 is 9.44 Å². The van der Waals surface area contributed by atoms with Gasteiger partial charge in [0.15, 0.2) is 0 Å². The molecule has 0 amide bonds. The minimum atomic E-state index is -0.140. The van der Waals surface area contributed by atoms with Crippen LogP contribution in [0.2, 0.25) is 0 Å². The quantitative estimate of drug-likeness (QED) is 0.472. The highest BCUT2D eigenvalue weighted by molar-refractivity contribution is 9.09. The van der Waals surface area contributed by atoms with Crippen molar-refractivity contribution in [2.45, 2.75) is 88.1 Å². The number of halogens is 3. The van der Waals surface area contributed by atoms with Gasteiger partial charge in [0.1, 0.15) is 0 Å². The summed E-state index contributed by atoms with van der Waals surface area (Å²) in [5.41, 5.74) is -0.279. The van der Waals surface area contributed by atoms with Crippen molar-refractivity contribution in [2.75, 3.05) is 0 Å². The highest BCUT2D eigenvalue weighted by Gasteiger charge is 2.37. The Hall–Kier alpha value is 0.850. The van der Waals surface area contributed by atoms with E-state index in [1.165, 1.54) is 12.8 Å². The van der Waals surface area contributed by atoms with Crippen molar-refractivity contribution in [1.29, 1.82) is 0 Å². The van der Waals surface area contributed by atoms with E-state index < -0.39 is 0 Å². The standard InChI is InChI=1S/C14H28Br2O.FH/c1-7-9-11(15)13(3,4)17-14(5,6)12(16)10-8-2;/h11-12H,7-10H2,1-6H3;1H. The predicted molar refractivity (Wildman–Crippen MR) is 87.0 cm³/mol. The summed E-state index contributed by atoms with van der Waals surface area (Å²) in [5.74, 6) is 0. The second-order valence-electron chi connectivity index (χ2n) is 5.82. The molecule has 0 spiro atoms. The van der Waals surface area contributed by atoms with E-state index in [0.717, 1.165) is 12.8 Å². The van der Waals surface area contributed by atoms with Crippen LogP contribution in [0.1, 0.15) is 67.2 Å². The van der Waals surface area contributed by atoms with Gasteiger partial charge in [-0.2, -0.15) is 0 Å². The zero-order valence-electron chi connectivity index (χ0n) is 12.6. The van der Waals surface area contributed by atoms with Crippen LogP contribution < -0.4 is 0 Å². The van der Waals surface area contributed by atoms with Crippen molar-refractivity contribution >= 4 is 31.9 Å². The fraction of sp³-hybridized carbons (Fsp3) is 1.00. The Morgan fingerprint density at radius 2 is 1.11 bits per heavy atom. The van der Waals surface area contributed by atoms with E-state index >= 15 is 0 Å². The highest BCUT2D eigenvalue weighted by atomic mass is 79.9. The van der Waals surface area contributed by atoms with Gasteiger partial charge in [0, 0.05) is 9.65 Å². The Kier molecular flexibility index (Phi) is 10.5. The van der Waals surface area contributed by atoms with Crippen LogP contribution in [-0.2, 0) is 4.74 Å². The molecule has 0 bridgehead atoms. The zero-order valence-corrected chi connectivity index (χ0v) is 15.7. The lowest BCUT2D eigenvalue weighted by Crippen LogP contribution is -2.47. The van der Waals surface area contributed by atoms with E-state index in [1.54, 1.807) is 0 Å². The van der Waals surface area contributed by atoms with Gasteiger partial charge >= 0.3 is 0 Å². The molecule has 0 aliphatic heterocycles. The number of rotatable bonds is 8. The number of hydrogen-bond acceptors (Lipinski definition) is 1. The summed E-state index contributed by atoms with van der Waals surface area (Å²) in [4.78, 5) is 0.807. The average molecular weight is 392 g/mol. The summed E-state index contributed by atoms with van der Waals surface area (Å²) in [5, 5.41) is 0. The maximum absolute atomic E-state index is 6.36. The lowest BCUT2D eigenvalue weighted by Gasteiger charge is -2.41. The fourth-order valence-corrected chi connectivity index (χ4v) is 3.11. The lowest BCUT2D eigenvalue weighted by atomic mass is 9.96. The first-order valence-corrected chi connectivity index (χ1v) is 8.48. The van der Waals surface area contributed by atoms with Gasteiger partial charge < -0.3 is 4.74 Å². The molecule has 0 fully saturated rings. The molecule has 112 valence electrons. The molecule has 1 nitrogen and oxygen atoms in total. The van der Waals surface area contributed by atoms with E-state index in [-0.39, 0.29) is 15.9 Å². The molecule has 4 heteroatoms. The molecule has 0 heterocycles. The molecule has 0 N–H and O–H groups in total. The van der Waals surface area contributed by atoms with Gasteiger partial charge in [-0.1, -0.05) is 58.5 Å². The first-order chi connectivity index (χ1) is 7.67. The second-order valence-corrected chi connectivity index (χ2v) is 8.03. The van der Waals surface area contributed by atoms with E-state index in [2.05, 4.69) is 73.4 Å². The SMILES string of the molecule is CCCC(Br)C(C)(C)OC(C)(C)C(Br)CCC.F. The molecular weight excluding hydrogens is 363 g/mol. The predicted octanol–water partition coefficient (Wildman–Crippen LogP) is 5.84. The first-order valence-electron chi connectivity index (χ1n) is 6.65. The van der Waals surface area contributed by atoms with E-state index in [4.69, 9.17) is 4.74 Å². The Labute approximate surface area is 129 Å². The minimum absolute atomic E-state index is 0. The van der Waals surface area contributed by atoms with E-state index in [9.17, 15) is 0 Å². The largest absolute Gasteiger partial charge is 0.367 e. The van der Waals surface area contributed by atoms with Crippen LogP contribution in [0.15, 0.2) is 0 Å². The monoisotopic (exact) mass is 390 g/mol. The number of hydrogen-bond donors (Lipinski definition) is 0. The van der Waals surface area contributed by atoms with Gasteiger partial charge in [-0.3, -0.25) is 4.70 Å². The van der Waals surface area contributed by atoms with Crippen molar-refractivity contribution in [2.24, 2.45) is 0 Å².